The van der Waals surface area contributed by atoms with Gasteiger partial charge in [0.05, 0.1) is 14.5 Å². The molecule has 1 heterocycles. The van der Waals surface area contributed by atoms with Gasteiger partial charge >= 0.3 is 0 Å². The van der Waals surface area contributed by atoms with Gasteiger partial charge in [-0.15, -0.1) is 0 Å². The fourth-order valence-electron chi connectivity index (χ4n) is 1.50. The molecular weight excluding hydrogens is 405 g/mol. The summed E-state index contributed by atoms with van der Waals surface area (Å²) in [7, 11) is 0. The molecule has 1 aromatic carbocycles. The molecule has 112 valence electrons. The van der Waals surface area contributed by atoms with E-state index in [0.717, 1.165) is 6.07 Å². The van der Waals surface area contributed by atoms with E-state index in [1.165, 1.54) is 12.1 Å². The van der Waals surface area contributed by atoms with E-state index in [-0.39, 0.29) is 21.7 Å². The molecule has 0 saturated heterocycles. The summed E-state index contributed by atoms with van der Waals surface area (Å²) >= 11 is 21.0. The van der Waals surface area contributed by atoms with Crippen LogP contribution in [0, 0.1) is 5.82 Å². The van der Waals surface area contributed by atoms with Crippen LogP contribution in [-0.2, 0) is 0 Å². The van der Waals surface area contributed by atoms with Gasteiger partial charge < -0.3 is 10.1 Å². The minimum atomic E-state index is -0.605. The van der Waals surface area contributed by atoms with Crippen molar-refractivity contribution in [1.29, 1.82) is 0 Å². The predicted molar refractivity (Wildman–Crippen MR) is 87.6 cm³/mol. The van der Waals surface area contributed by atoms with Gasteiger partial charge in [-0.3, -0.25) is 0 Å². The predicted octanol–water partition coefficient (Wildman–Crippen LogP) is 6.17. The van der Waals surface area contributed by atoms with Gasteiger partial charge in [-0.25, -0.2) is 4.39 Å². The third-order valence-corrected chi connectivity index (χ3v) is 3.89. The number of ether oxygens (including phenoxy) is 1. The zero-order valence-electron chi connectivity index (χ0n) is 10.7. The molecule has 1 aromatic heterocycles. The standard InChI is InChI=1S/C13H9BrCl3FN2O/c1-2-19-12-8(16)4-9(17)13(20-12)21-11-5-10(18)7(15)3-6(11)14/h3-5H,2H2,1H3,(H,19,20). The Balaban J connectivity index is 2.39. The molecule has 0 aliphatic rings. The first kappa shape index (κ1) is 16.6. The first-order chi connectivity index (χ1) is 9.92. The van der Waals surface area contributed by atoms with Gasteiger partial charge in [-0.1, -0.05) is 34.8 Å². The van der Waals surface area contributed by atoms with Crippen LogP contribution in [0.3, 0.4) is 0 Å². The van der Waals surface area contributed by atoms with Gasteiger partial charge in [-0.2, -0.15) is 4.98 Å². The van der Waals surface area contributed by atoms with Crippen molar-refractivity contribution in [3.8, 4) is 11.6 Å². The van der Waals surface area contributed by atoms with Crippen LogP contribution < -0.4 is 10.1 Å². The highest BCUT2D eigenvalue weighted by Gasteiger charge is 2.14. The van der Waals surface area contributed by atoms with Crippen LogP contribution >= 0.6 is 50.7 Å². The Labute approximate surface area is 144 Å². The first-order valence-electron chi connectivity index (χ1n) is 5.84. The molecular formula is C13H9BrCl3FN2O. The van der Waals surface area contributed by atoms with E-state index in [4.69, 9.17) is 39.5 Å². The van der Waals surface area contributed by atoms with Crippen molar-refractivity contribution in [3.05, 3.63) is 43.6 Å². The summed E-state index contributed by atoms with van der Waals surface area (Å²) < 4.78 is 19.5. The Kier molecular flexibility index (Phi) is 5.54. The number of hydrogen-bond acceptors (Lipinski definition) is 3. The number of nitrogens with one attached hydrogen (secondary N) is 1. The van der Waals surface area contributed by atoms with E-state index in [9.17, 15) is 4.39 Å². The van der Waals surface area contributed by atoms with Crippen LogP contribution in [0.5, 0.6) is 11.6 Å². The van der Waals surface area contributed by atoms with Crippen LogP contribution in [0.4, 0.5) is 10.2 Å². The SMILES string of the molecule is CCNc1nc(Oc2cc(F)c(Cl)cc2Br)c(Cl)cc1Cl. The van der Waals surface area contributed by atoms with Gasteiger partial charge in [0.1, 0.15) is 22.4 Å². The molecule has 0 unspecified atom stereocenters. The Morgan fingerprint density at radius 3 is 2.57 bits per heavy atom. The fourth-order valence-corrected chi connectivity index (χ4v) is 2.68. The highest BCUT2D eigenvalue weighted by Crippen LogP contribution is 2.37. The van der Waals surface area contributed by atoms with Gasteiger partial charge in [0.25, 0.3) is 0 Å². The van der Waals surface area contributed by atoms with E-state index < -0.39 is 5.82 Å². The van der Waals surface area contributed by atoms with Crippen molar-refractivity contribution in [3.63, 3.8) is 0 Å². The zero-order chi connectivity index (χ0) is 15.6. The molecule has 0 aliphatic carbocycles. The maximum absolute atomic E-state index is 13.5. The van der Waals surface area contributed by atoms with Crippen LogP contribution in [0.2, 0.25) is 15.1 Å². The first-order valence-corrected chi connectivity index (χ1v) is 7.77. The number of rotatable bonds is 4. The molecule has 3 nitrogen and oxygen atoms in total. The normalized spacial score (nSPS) is 10.6. The zero-order valence-corrected chi connectivity index (χ0v) is 14.5. The topological polar surface area (TPSA) is 34.2 Å². The van der Waals surface area contributed by atoms with Crippen LogP contribution in [0.1, 0.15) is 6.92 Å². The number of aromatic nitrogens is 1. The third-order valence-electron chi connectivity index (χ3n) is 2.42. The molecule has 0 bridgehead atoms. The molecule has 1 N–H and O–H groups in total. The van der Waals surface area contributed by atoms with E-state index in [1.807, 2.05) is 6.92 Å². The quantitative estimate of drug-likeness (QED) is 0.608. The molecule has 0 radical (unpaired) electrons. The lowest BCUT2D eigenvalue weighted by Crippen LogP contribution is -2.01. The minimum absolute atomic E-state index is 0.0160. The van der Waals surface area contributed by atoms with Gasteiger partial charge in [-0.05, 0) is 35.0 Å². The van der Waals surface area contributed by atoms with Crippen LogP contribution in [0.15, 0.2) is 22.7 Å². The number of halogens is 5. The Morgan fingerprint density at radius 1 is 1.19 bits per heavy atom. The number of anilines is 1. The molecule has 8 heteroatoms. The average molecular weight is 414 g/mol. The fraction of sp³-hybridized carbons (Fsp3) is 0.154. The Hall–Kier alpha value is -0.750. The summed E-state index contributed by atoms with van der Waals surface area (Å²) in [5.74, 6) is 0.145. The maximum Gasteiger partial charge on any atom is 0.240 e. The van der Waals surface area contributed by atoms with Crippen molar-refractivity contribution in [2.45, 2.75) is 6.92 Å². The Bertz CT molecular complexity index is 685. The lowest BCUT2D eigenvalue weighted by molar-refractivity contribution is 0.456. The molecule has 2 aromatic rings. The number of pyridine rings is 1. The second kappa shape index (κ2) is 7.01. The van der Waals surface area contributed by atoms with Crippen molar-refractivity contribution >= 4 is 56.6 Å². The number of nitrogens with zero attached hydrogens (tertiary/aromatic N) is 1. The maximum atomic E-state index is 13.5. The van der Waals surface area contributed by atoms with E-state index in [1.54, 1.807) is 0 Å². The smallest absolute Gasteiger partial charge is 0.240 e. The van der Waals surface area contributed by atoms with Crippen molar-refractivity contribution in [2.24, 2.45) is 0 Å². The highest BCUT2D eigenvalue weighted by atomic mass is 79.9. The monoisotopic (exact) mass is 412 g/mol. The third kappa shape index (κ3) is 3.92. The second-order valence-corrected chi connectivity index (χ2v) is 6.01. The number of hydrogen-bond donors (Lipinski definition) is 1. The lowest BCUT2D eigenvalue weighted by atomic mass is 10.3. The van der Waals surface area contributed by atoms with Crippen LogP contribution in [0.25, 0.3) is 0 Å². The van der Waals surface area contributed by atoms with Gasteiger partial charge in [0.2, 0.25) is 5.88 Å². The van der Waals surface area contributed by atoms with E-state index in [0.29, 0.717) is 21.9 Å². The summed E-state index contributed by atoms with van der Waals surface area (Å²) in [6, 6.07) is 4.04. The number of benzene rings is 1. The lowest BCUT2D eigenvalue weighted by Gasteiger charge is -2.12. The average Bonchev–Trinajstić information content (AvgIpc) is 2.41. The minimum Gasteiger partial charge on any atom is -0.436 e. The summed E-state index contributed by atoms with van der Waals surface area (Å²) in [6.45, 7) is 2.53. The van der Waals surface area contributed by atoms with Gasteiger partial charge in [0, 0.05) is 12.6 Å². The molecule has 0 amide bonds. The summed E-state index contributed by atoms with van der Waals surface area (Å²) in [4.78, 5) is 4.18. The molecule has 21 heavy (non-hydrogen) atoms. The molecule has 2 rings (SSSR count). The second-order valence-electron chi connectivity index (χ2n) is 3.93. The van der Waals surface area contributed by atoms with Crippen molar-refractivity contribution in [1.82, 2.24) is 4.98 Å². The van der Waals surface area contributed by atoms with E-state index >= 15 is 0 Å². The molecule has 0 saturated carbocycles. The largest absolute Gasteiger partial charge is 0.436 e. The van der Waals surface area contributed by atoms with E-state index in [2.05, 4.69) is 26.2 Å². The molecule has 0 spiro atoms. The summed E-state index contributed by atoms with van der Waals surface area (Å²) in [5, 5.41) is 3.54. The summed E-state index contributed by atoms with van der Waals surface area (Å²) in [6.07, 6.45) is 0. The van der Waals surface area contributed by atoms with Crippen molar-refractivity contribution < 1.29 is 9.13 Å². The highest BCUT2D eigenvalue weighted by molar-refractivity contribution is 9.10. The molecule has 0 aliphatic heterocycles. The molecule has 0 atom stereocenters. The summed E-state index contributed by atoms with van der Waals surface area (Å²) in [5.41, 5.74) is 0. The Morgan fingerprint density at radius 2 is 1.90 bits per heavy atom. The van der Waals surface area contributed by atoms with Gasteiger partial charge in [0.15, 0.2) is 0 Å². The van der Waals surface area contributed by atoms with Crippen molar-refractivity contribution in [2.75, 3.05) is 11.9 Å². The van der Waals surface area contributed by atoms with Crippen LogP contribution in [-0.4, -0.2) is 11.5 Å². The molecule has 0 fully saturated rings.